The van der Waals surface area contributed by atoms with Gasteiger partial charge in [-0.05, 0) is 24.3 Å². The molecule has 9 heteroatoms. The van der Waals surface area contributed by atoms with Crippen molar-refractivity contribution >= 4 is 39.9 Å². The van der Waals surface area contributed by atoms with Gasteiger partial charge in [-0.15, -0.1) is 0 Å². The Morgan fingerprint density at radius 3 is 2.50 bits per heavy atom. The van der Waals surface area contributed by atoms with Crippen LogP contribution < -0.4 is 9.47 Å². The first-order valence-corrected chi connectivity index (χ1v) is 7.35. The highest BCUT2D eigenvalue weighted by molar-refractivity contribution is 6.42. The van der Waals surface area contributed by atoms with Crippen molar-refractivity contribution in [2.45, 2.75) is 0 Å². The quantitative estimate of drug-likeness (QED) is 0.494. The number of benzene rings is 2. The molecular formula is C15H9Cl2N3O4. The average molecular weight is 366 g/mol. The molecule has 0 N–H and O–H groups in total. The van der Waals surface area contributed by atoms with Gasteiger partial charge in [0.2, 0.25) is 11.6 Å². The Morgan fingerprint density at radius 1 is 1.12 bits per heavy atom. The molecule has 0 amide bonds. The van der Waals surface area contributed by atoms with Gasteiger partial charge in [0.05, 0.1) is 45.4 Å². The normalized spacial score (nSPS) is 10.6. The van der Waals surface area contributed by atoms with E-state index < -0.39 is 4.92 Å². The average Bonchev–Trinajstić information content (AvgIpc) is 2.56. The molecule has 0 aliphatic rings. The Morgan fingerprint density at radius 2 is 1.83 bits per heavy atom. The Labute approximate surface area is 145 Å². The van der Waals surface area contributed by atoms with E-state index in [9.17, 15) is 10.1 Å². The highest BCUT2D eigenvalue weighted by atomic mass is 35.5. The van der Waals surface area contributed by atoms with Crippen molar-refractivity contribution in [3.05, 3.63) is 56.7 Å². The second-order valence-electron chi connectivity index (χ2n) is 4.66. The van der Waals surface area contributed by atoms with E-state index in [0.717, 1.165) is 0 Å². The van der Waals surface area contributed by atoms with Crippen molar-refractivity contribution in [1.82, 2.24) is 9.97 Å². The lowest BCUT2D eigenvalue weighted by atomic mass is 10.3. The number of methoxy groups -OCH3 is 1. The van der Waals surface area contributed by atoms with Gasteiger partial charge < -0.3 is 9.47 Å². The molecule has 0 fully saturated rings. The Bertz CT molecular complexity index is 949. The third kappa shape index (κ3) is 3.17. The topological polar surface area (TPSA) is 87.4 Å². The zero-order valence-corrected chi connectivity index (χ0v) is 13.7. The minimum Gasteiger partial charge on any atom is -0.496 e. The highest BCUT2D eigenvalue weighted by Gasteiger charge is 2.18. The number of nitro groups is 1. The summed E-state index contributed by atoms with van der Waals surface area (Å²) in [6, 6.07) is 7.36. The van der Waals surface area contributed by atoms with Gasteiger partial charge in [-0.25, -0.2) is 9.97 Å². The molecule has 0 aliphatic heterocycles. The lowest BCUT2D eigenvalue weighted by Crippen LogP contribution is -1.96. The molecule has 0 bridgehead atoms. The van der Waals surface area contributed by atoms with Gasteiger partial charge in [0.15, 0.2) is 0 Å². The van der Waals surface area contributed by atoms with E-state index in [1.165, 1.54) is 25.4 Å². The number of hydrogen-bond donors (Lipinski definition) is 0. The molecule has 0 saturated carbocycles. The zero-order chi connectivity index (χ0) is 17.3. The Balaban J connectivity index is 2.00. The third-order valence-corrected chi connectivity index (χ3v) is 3.86. The highest BCUT2D eigenvalue weighted by Crippen LogP contribution is 2.34. The molecular weight excluding hydrogens is 357 g/mol. The van der Waals surface area contributed by atoms with Crippen LogP contribution in [0.25, 0.3) is 11.0 Å². The summed E-state index contributed by atoms with van der Waals surface area (Å²) in [7, 11) is 1.42. The summed E-state index contributed by atoms with van der Waals surface area (Å²) in [5.41, 5.74) is 0.740. The number of halogens is 2. The molecule has 122 valence electrons. The molecule has 2 aromatic carbocycles. The standard InChI is InChI=1S/C15H9Cl2N3O4/c1-23-8-2-3-14(13(4-8)20(21)22)24-15-7-18-11-5-9(16)10(17)6-12(11)19-15/h2-7H,1H3. The molecule has 0 aliphatic carbocycles. The van der Waals surface area contributed by atoms with E-state index in [-0.39, 0.29) is 17.3 Å². The molecule has 1 aromatic heterocycles. The fraction of sp³-hybridized carbons (Fsp3) is 0.0667. The minimum absolute atomic E-state index is 0.0227. The molecule has 0 radical (unpaired) electrons. The molecule has 24 heavy (non-hydrogen) atoms. The summed E-state index contributed by atoms with van der Waals surface area (Å²) in [4.78, 5) is 19.0. The van der Waals surface area contributed by atoms with Crippen LogP contribution in [0.3, 0.4) is 0 Å². The largest absolute Gasteiger partial charge is 0.496 e. The van der Waals surface area contributed by atoms with E-state index in [1.807, 2.05) is 0 Å². The predicted octanol–water partition coefficient (Wildman–Crippen LogP) is 4.65. The van der Waals surface area contributed by atoms with Gasteiger partial charge >= 0.3 is 5.69 Å². The van der Waals surface area contributed by atoms with E-state index in [0.29, 0.717) is 26.8 Å². The van der Waals surface area contributed by atoms with Gasteiger partial charge in [0, 0.05) is 0 Å². The summed E-state index contributed by atoms with van der Waals surface area (Å²) in [6.45, 7) is 0. The molecule has 3 aromatic rings. The summed E-state index contributed by atoms with van der Waals surface area (Å²) in [6.07, 6.45) is 1.35. The van der Waals surface area contributed by atoms with Crippen LogP contribution in [-0.2, 0) is 0 Å². The van der Waals surface area contributed by atoms with Crippen LogP contribution in [0.5, 0.6) is 17.4 Å². The summed E-state index contributed by atoms with van der Waals surface area (Å²) < 4.78 is 10.5. The van der Waals surface area contributed by atoms with Crippen molar-refractivity contribution in [1.29, 1.82) is 0 Å². The number of nitro benzene ring substituents is 1. The van der Waals surface area contributed by atoms with Gasteiger partial charge in [-0.1, -0.05) is 23.2 Å². The first-order valence-electron chi connectivity index (χ1n) is 6.60. The molecule has 0 unspecified atom stereocenters. The first kappa shape index (κ1) is 16.2. The monoisotopic (exact) mass is 365 g/mol. The SMILES string of the molecule is COc1ccc(Oc2cnc3cc(Cl)c(Cl)cc3n2)c([N+](=O)[O-])c1. The summed E-state index contributed by atoms with van der Waals surface area (Å²) in [5.74, 6) is 0.462. The molecule has 0 spiro atoms. The Kier molecular flexibility index (Phi) is 4.37. The minimum atomic E-state index is -0.566. The van der Waals surface area contributed by atoms with Crippen LogP contribution in [-0.4, -0.2) is 22.0 Å². The van der Waals surface area contributed by atoms with Crippen LogP contribution in [0, 0.1) is 10.1 Å². The maximum atomic E-state index is 11.2. The third-order valence-electron chi connectivity index (χ3n) is 3.14. The number of ether oxygens (including phenoxy) is 2. The summed E-state index contributed by atoms with van der Waals surface area (Å²) in [5, 5.41) is 11.9. The Hall–Kier alpha value is -2.64. The lowest BCUT2D eigenvalue weighted by Gasteiger charge is -2.07. The number of aromatic nitrogens is 2. The molecule has 0 atom stereocenters. The van der Waals surface area contributed by atoms with Gasteiger partial charge in [0.1, 0.15) is 5.75 Å². The fourth-order valence-corrected chi connectivity index (χ4v) is 2.32. The predicted molar refractivity (Wildman–Crippen MR) is 89.3 cm³/mol. The van der Waals surface area contributed by atoms with Crippen LogP contribution >= 0.6 is 23.2 Å². The van der Waals surface area contributed by atoms with Crippen LogP contribution in [0.2, 0.25) is 10.0 Å². The number of rotatable bonds is 4. The second kappa shape index (κ2) is 6.46. The molecule has 1 heterocycles. The van der Waals surface area contributed by atoms with Crippen molar-refractivity contribution in [2.24, 2.45) is 0 Å². The smallest absolute Gasteiger partial charge is 0.315 e. The lowest BCUT2D eigenvalue weighted by molar-refractivity contribution is -0.385. The first-order chi connectivity index (χ1) is 11.5. The summed E-state index contributed by atoms with van der Waals surface area (Å²) >= 11 is 11.9. The zero-order valence-electron chi connectivity index (χ0n) is 12.2. The maximum absolute atomic E-state index is 11.2. The van der Waals surface area contributed by atoms with Crippen molar-refractivity contribution in [3.8, 4) is 17.4 Å². The van der Waals surface area contributed by atoms with Crippen molar-refractivity contribution in [3.63, 3.8) is 0 Å². The van der Waals surface area contributed by atoms with Crippen molar-refractivity contribution in [2.75, 3.05) is 7.11 Å². The van der Waals surface area contributed by atoms with Gasteiger partial charge in [-0.3, -0.25) is 10.1 Å². The maximum Gasteiger partial charge on any atom is 0.315 e. The molecule has 0 saturated heterocycles. The van der Waals surface area contributed by atoms with E-state index in [4.69, 9.17) is 32.7 Å². The number of hydrogen-bond acceptors (Lipinski definition) is 6. The van der Waals surface area contributed by atoms with E-state index >= 15 is 0 Å². The molecule has 7 nitrogen and oxygen atoms in total. The van der Waals surface area contributed by atoms with Crippen LogP contribution in [0.15, 0.2) is 36.5 Å². The van der Waals surface area contributed by atoms with Crippen molar-refractivity contribution < 1.29 is 14.4 Å². The van der Waals surface area contributed by atoms with Crippen LogP contribution in [0.1, 0.15) is 0 Å². The van der Waals surface area contributed by atoms with E-state index in [1.54, 1.807) is 18.2 Å². The number of fused-ring (bicyclic) bond motifs is 1. The fourth-order valence-electron chi connectivity index (χ4n) is 2.01. The number of nitrogens with zero attached hydrogens (tertiary/aromatic N) is 3. The van der Waals surface area contributed by atoms with E-state index in [2.05, 4.69) is 9.97 Å². The van der Waals surface area contributed by atoms with Gasteiger partial charge in [-0.2, -0.15) is 0 Å². The van der Waals surface area contributed by atoms with Crippen LogP contribution in [0.4, 0.5) is 5.69 Å². The second-order valence-corrected chi connectivity index (χ2v) is 5.47. The molecule has 3 rings (SSSR count). The van der Waals surface area contributed by atoms with Gasteiger partial charge in [0.25, 0.3) is 0 Å².